The lowest BCUT2D eigenvalue weighted by Gasteiger charge is -2.25. The van der Waals surface area contributed by atoms with E-state index >= 15 is 0 Å². The molecule has 0 bridgehead atoms. The van der Waals surface area contributed by atoms with Crippen LogP contribution in [0, 0.1) is 5.92 Å². The first-order chi connectivity index (χ1) is 13.1. The Morgan fingerprint density at radius 2 is 1.89 bits per heavy atom. The first-order valence-electron chi connectivity index (χ1n) is 9.16. The third-order valence-corrected chi connectivity index (χ3v) is 6.09. The van der Waals surface area contributed by atoms with Gasteiger partial charge in [-0.05, 0) is 36.5 Å². The standard InChI is InChI=1S/C18H27F3N4O2S/c1-22-17(23-10-11-28(26,27)24-12-14-4-3-5-14)25(2)13-15-6-8-16(9-7-15)18(19,20)21/h6-9,14,24H,3-5,10-13H2,1-2H3,(H,22,23). The molecule has 0 unspecified atom stereocenters. The van der Waals surface area contributed by atoms with Crippen molar-refractivity contribution >= 4 is 16.0 Å². The Kier molecular flexibility index (Phi) is 7.70. The third kappa shape index (κ3) is 6.97. The highest BCUT2D eigenvalue weighted by molar-refractivity contribution is 7.89. The second kappa shape index (κ2) is 9.60. The van der Waals surface area contributed by atoms with Gasteiger partial charge in [0.1, 0.15) is 0 Å². The monoisotopic (exact) mass is 420 g/mol. The van der Waals surface area contributed by atoms with Crippen LogP contribution in [0.25, 0.3) is 0 Å². The number of guanidine groups is 1. The topological polar surface area (TPSA) is 73.8 Å². The van der Waals surface area contributed by atoms with Crippen molar-refractivity contribution in [3.63, 3.8) is 0 Å². The first-order valence-corrected chi connectivity index (χ1v) is 10.8. The molecule has 1 aliphatic carbocycles. The molecule has 0 spiro atoms. The Morgan fingerprint density at radius 1 is 1.25 bits per heavy atom. The lowest BCUT2D eigenvalue weighted by atomic mass is 9.86. The molecule has 6 nitrogen and oxygen atoms in total. The van der Waals surface area contributed by atoms with Crippen LogP contribution >= 0.6 is 0 Å². The number of halogens is 3. The molecule has 28 heavy (non-hydrogen) atoms. The van der Waals surface area contributed by atoms with Crippen LogP contribution in [0.4, 0.5) is 13.2 Å². The summed E-state index contributed by atoms with van der Waals surface area (Å²) in [4.78, 5) is 5.81. The van der Waals surface area contributed by atoms with Gasteiger partial charge in [0.05, 0.1) is 11.3 Å². The van der Waals surface area contributed by atoms with Crippen molar-refractivity contribution in [2.24, 2.45) is 10.9 Å². The van der Waals surface area contributed by atoms with Gasteiger partial charge in [0.15, 0.2) is 5.96 Å². The Balaban J connectivity index is 1.80. The lowest BCUT2D eigenvalue weighted by Crippen LogP contribution is -2.42. The number of hydrogen-bond donors (Lipinski definition) is 2. The summed E-state index contributed by atoms with van der Waals surface area (Å²) < 4.78 is 64.6. The van der Waals surface area contributed by atoms with E-state index in [2.05, 4.69) is 15.0 Å². The normalized spacial score (nSPS) is 16.0. The zero-order valence-electron chi connectivity index (χ0n) is 16.1. The molecule has 0 heterocycles. The number of nitrogens with zero attached hydrogens (tertiary/aromatic N) is 2. The van der Waals surface area contributed by atoms with Crippen LogP contribution in [-0.2, 0) is 22.7 Å². The maximum atomic E-state index is 12.6. The van der Waals surface area contributed by atoms with Crippen LogP contribution in [0.5, 0.6) is 0 Å². The van der Waals surface area contributed by atoms with E-state index in [1.165, 1.54) is 12.1 Å². The fourth-order valence-electron chi connectivity index (χ4n) is 2.84. The van der Waals surface area contributed by atoms with Crippen molar-refractivity contribution in [2.75, 3.05) is 32.9 Å². The summed E-state index contributed by atoms with van der Waals surface area (Å²) in [5.74, 6) is 0.840. The maximum Gasteiger partial charge on any atom is 0.416 e. The molecular weight excluding hydrogens is 393 g/mol. The summed E-state index contributed by atoms with van der Waals surface area (Å²) in [7, 11) is -0.0557. The summed E-state index contributed by atoms with van der Waals surface area (Å²) in [6, 6.07) is 4.92. The minimum absolute atomic E-state index is 0.0765. The summed E-state index contributed by atoms with van der Waals surface area (Å²) in [5, 5.41) is 2.97. The fraction of sp³-hybridized carbons (Fsp3) is 0.611. The summed E-state index contributed by atoms with van der Waals surface area (Å²) in [5.41, 5.74) is -0.00532. The molecule has 0 aliphatic heterocycles. The smallest absolute Gasteiger partial charge is 0.355 e. The van der Waals surface area contributed by atoms with E-state index in [9.17, 15) is 21.6 Å². The Labute approximate surface area is 164 Å². The molecule has 0 amide bonds. The molecule has 0 saturated heterocycles. The molecule has 1 fully saturated rings. The van der Waals surface area contributed by atoms with E-state index in [1.54, 1.807) is 19.0 Å². The second-order valence-corrected chi connectivity index (χ2v) is 8.92. The molecule has 0 aromatic heterocycles. The number of rotatable bonds is 8. The van der Waals surface area contributed by atoms with Crippen molar-refractivity contribution < 1.29 is 21.6 Å². The van der Waals surface area contributed by atoms with Gasteiger partial charge in [-0.2, -0.15) is 13.2 Å². The first kappa shape index (κ1) is 22.5. The molecule has 1 saturated carbocycles. The molecule has 158 valence electrons. The molecule has 0 radical (unpaired) electrons. The van der Waals surface area contributed by atoms with Gasteiger partial charge in [0.25, 0.3) is 0 Å². The molecule has 1 aliphatic rings. The van der Waals surface area contributed by atoms with Gasteiger partial charge in [-0.25, -0.2) is 13.1 Å². The van der Waals surface area contributed by atoms with E-state index in [1.807, 2.05) is 0 Å². The largest absolute Gasteiger partial charge is 0.416 e. The van der Waals surface area contributed by atoms with Crippen molar-refractivity contribution in [3.05, 3.63) is 35.4 Å². The summed E-state index contributed by atoms with van der Waals surface area (Å²) in [6.07, 6.45) is -1.06. The SMILES string of the molecule is CN=C(NCCS(=O)(=O)NCC1CCC1)N(C)Cc1ccc(C(F)(F)F)cc1. The quantitative estimate of drug-likeness (QED) is 0.501. The predicted octanol–water partition coefficient (Wildman–Crippen LogP) is 2.43. The number of alkyl halides is 3. The van der Waals surface area contributed by atoms with Crippen LogP contribution in [0.15, 0.2) is 29.3 Å². The van der Waals surface area contributed by atoms with Gasteiger partial charge in [0, 0.05) is 33.7 Å². The van der Waals surface area contributed by atoms with E-state index in [4.69, 9.17) is 0 Å². The number of benzene rings is 1. The molecule has 1 aromatic rings. The van der Waals surface area contributed by atoms with Crippen molar-refractivity contribution in [3.8, 4) is 0 Å². The zero-order chi connectivity index (χ0) is 20.8. The fourth-order valence-corrected chi connectivity index (χ4v) is 3.85. The van der Waals surface area contributed by atoms with Gasteiger partial charge >= 0.3 is 6.18 Å². The van der Waals surface area contributed by atoms with Crippen LogP contribution in [-0.4, -0.2) is 52.2 Å². The van der Waals surface area contributed by atoms with Crippen LogP contribution in [0.3, 0.4) is 0 Å². The highest BCUT2D eigenvalue weighted by Crippen LogP contribution is 2.29. The minimum Gasteiger partial charge on any atom is -0.355 e. The predicted molar refractivity (Wildman–Crippen MR) is 103 cm³/mol. The van der Waals surface area contributed by atoms with Gasteiger partial charge in [-0.3, -0.25) is 4.99 Å². The molecular formula is C18H27F3N4O2S. The van der Waals surface area contributed by atoms with Crippen LogP contribution in [0.1, 0.15) is 30.4 Å². The molecule has 2 N–H and O–H groups in total. The Bertz CT molecular complexity index is 760. The van der Waals surface area contributed by atoms with Crippen molar-refractivity contribution in [1.82, 2.24) is 14.9 Å². The van der Waals surface area contributed by atoms with Crippen molar-refractivity contribution in [2.45, 2.75) is 32.0 Å². The summed E-state index contributed by atoms with van der Waals surface area (Å²) in [6.45, 7) is 1.01. The molecule has 1 aromatic carbocycles. The van der Waals surface area contributed by atoms with Crippen LogP contribution < -0.4 is 10.0 Å². The number of sulfonamides is 1. The van der Waals surface area contributed by atoms with E-state index < -0.39 is 21.8 Å². The Morgan fingerprint density at radius 3 is 2.39 bits per heavy atom. The highest BCUT2D eigenvalue weighted by Gasteiger charge is 2.30. The van der Waals surface area contributed by atoms with Gasteiger partial charge in [-0.15, -0.1) is 0 Å². The third-order valence-electron chi connectivity index (χ3n) is 4.74. The minimum atomic E-state index is -4.36. The van der Waals surface area contributed by atoms with Gasteiger partial charge < -0.3 is 10.2 Å². The zero-order valence-corrected chi connectivity index (χ0v) is 16.9. The molecule has 0 atom stereocenters. The number of aliphatic imine (C=N–C) groups is 1. The van der Waals surface area contributed by atoms with Gasteiger partial charge in [0.2, 0.25) is 10.0 Å². The van der Waals surface area contributed by atoms with E-state index in [-0.39, 0.29) is 12.3 Å². The Hall–Kier alpha value is -1.81. The summed E-state index contributed by atoms with van der Waals surface area (Å²) >= 11 is 0. The molecule has 10 heteroatoms. The van der Waals surface area contributed by atoms with Crippen molar-refractivity contribution in [1.29, 1.82) is 0 Å². The van der Waals surface area contributed by atoms with Gasteiger partial charge in [-0.1, -0.05) is 18.6 Å². The number of hydrogen-bond acceptors (Lipinski definition) is 3. The maximum absolute atomic E-state index is 12.6. The lowest BCUT2D eigenvalue weighted by molar-refractivity contribution is -0.137. The van der Waals surface area contributed by atoms with E-state index in [0.717, 1.165) is 31.4 Å². The highest BCUT2D eigenvalue weighted by atomic mass is 32.2. The second-order valence-electron chi connectivity index (χ2n) is 6.99. The number of nitrogens with one attached hydrogen (secondary N) is 2. The molecule has 2 rings (SSSR count). The van der Waals surface area contributed by atoms with E-state index in [0.29, 0.717) is 30.5 Å². The average Bonchev–Trinajstić information content (AvgIpc) is 2.56. The van der Waals surface area contributed by atoms with Crippen LogP contribution in [0.2, 0.25) is 0 Å². The average molecular weight is 421 g/mol.